The van der Waals surface area contributed by atoms with Crippen LogP contribution in [0.15, 0.2) is 115 Å². The summed E-state index contributed by atoms with van der Waals surface area (Å²) in [6.45, 7) is 33.5. The zero-order chi connectivity index (χ0) is 70.4. The molecule has 0 radical (unpaired) electrons. The van der Waals surface area contributed by atoms with Crippen molar-refractivity contribution in [2.75, 3.05) is 13.2 Å². The fourth-order valence-electron chi connectivity index (χ4n) is 10.7. The SMILES string of the molecule is CC(C)[Si](CCC(F)(F)C(F)(F)C(F)(F)C(F)(F)C(F)(F)C(F)(F)C(F)(F)C(F)(F)F)(O[C@H](C[C@@H](C=C[C@H](C)[C@H](O[Si](C)(C)C(C)(C)C)[C@@H](C)C[C@@H](C)CO)O[Si](C)(C)C(C)(C)C)[C@H](C)/C=C/COC(c1ccccc1)(c1ccccc1)c1ccccc1)C(C)C. The van der Waals surface area contributed by atoms with Gasteiger partial charge >= 0.3 is 47.6 Å². The van der Waals surface area contributed by atoms with Crippen molar-refractivity contribution in [3.8, 4) is 0 Å². The van der Waals surface area contributed by atoms with Crippen molar-refractivity contribution in [3.63, 3.8) is 0 Å². The summed E-state index contributed by atoms with van der Waals surface area (Å²) in [5, 5.41) is 9.41. The zero-order valence-electron chi connectivity index (χ0n) is 55.4. The number of aliphatic hydroxyl groups excluding tert-OH is 1. The Kier molecular flexibility index (Phi) is 26.7. The van der Waals surface area contributed by atoms with E-state index in [2.05, 4.69) is 33.9 Å². The third kappa shape index (κ3) is 17.3. The Labute approximate surface area is 530 Å². The number of hydrogen-bond acceptors (Lipinski definition) is 5. The lowest BCUT2D eigenvalue weighted by atomic mass is 9.80. The summed E-state index contributed by atoms with van der Waals surface area (Å²) in [7, 11) is -9.77. The molecule has 3 aromatic carbocycles. The number of aliphatic hydroxyl groups is 1. The molecule has 0 aromatic heterocycles. The van der Waals surface area contributed by atoms with Crippen LogP contribution < -0.4 is 0 Å². The molecule has 0 aliphatic heterocycles. The molecule has 5 nitrogen and oxygen atoms in total. The fraction of sp³-hybridized carbons (Fsp3) is 0.667. The van der Waals surface area contributed by atoms with Gasteiger partial charge in [0.25, 0.3) is 0 Å². The topological polar surface area (TPSA) is 57.2 Å². The van der Waals surface area contributed by atoms with Gasteiger partial charge in [0, 0.05) is 19.4 Å². The average molecular weight is 1380 g/mol. The second-order valence-electron chi connectivity index (χ2n) is 28.2. The van der Waals surface area contributed by atoms with E-state index >= 15 is 35.1 Å². The second-order valence-corrected chi connectivity index (χ2v) is 42.7. The van der Waals surface area contributed by atoms with Crippen LogP contribution in [0.2, 0.25) is 53.4 Å². The van der Waals surface area contributed by atoms with E-state index in [4.69, 9.17) is 18.0 Å². The Morgan fingerprint density at radius 2 is 0.846 bits per heavy atom. The first-order chi connectivity index (χ1) is 41.1. The molecule has 0 heterocycles. The van der Waals surface area contributed by atoms with Gasteiger partial charge in [0.05, 0.1) is 24.9 Å². The van der Waals surface area contributed by atoms with Crippen LogP contribution in [0.5, 0.6) is 0 Å². The van der Waals surface area contributed by atoms with Crippen LogP contribution in [0.1, 0.15) is 133 Å². The molecule has 91 heavy (non-hydrogen) atoms. The summed E-state index contributed by atoms with van der Waals surface area (Å²) >= 11 is 0. The number of alkyl halides is 17. The van der Waals surface area contributed by atoms with Gasteiger partial charge in [0.15, 0.2) is 25.0 Å². The smallest absolute Gasteiger partial charge is 0.413 e. The largest absolute Gasteiger partial charge is 0.460 e. The molecular formula is C66H95F17O5Si3. The Morgan fingerprint density at radius 3 is 1.22 bits per heavy atom. The molecule has 0 aliphatic carbocycles. The van der Waals surface area contributed by atoms with Crippen molar-refractivity contribution in [1.82, 2.24) is 0 Å². The van der Waals surface area contributed by atoms with Crippen LogP contribution >= 0.6 is 0 Å². The van der Waals surface area contributed by atoms with Crippen LogP contribution in [0, 0.1) is 23.7 Å². The summed E-state index contributed by atoms with van der Waals surface area (Å²) in [6, 6.07) is 26.6. The molecule has 1 N–H and O–H groups in total. The fourth-order valence-corrected chi connectivity index (χ4v) is 18.2. The standard InChI is InChI=1S/C66H95F17O5Si3/c1-44(2)91(45(3)4,40-38-58(67,68)60(69,70)61(71,72)62(73,74)63(75,76)64(77,78)65(79,80)66(81,82)83)87-54(47(6)29-28-39-85-59(50-30-22-19-23-31-50,51-32-24-20-25-33-51)52-34-26-21-27-35-52)42-53(86-89(15,16)56(9,10)11)37-36-48(7)55(49(8)41-46(5)43-84)88-90(17,18)57(12,13)14/h19-37,44-49,53-55,84H,38-43H2,1-18H3/b29-28+,37-36?/t46-,47-,48+,49+,53-,54-,55+/m1/s1. The molecule has 0 saturated carbocycles. The van der Waals surface area contributed by atoms with Gasteiger partial charge in [-0.2, -0.15) is 74.6 Å². The highest BCUT2D eigenvalue weighted by molar-refractivity contribution is 6.76. The maximum atomic E-state index is 16.2. The van der Waals surface area contributed by atoms with E-state index in [0.29, 0.717) is 6.42 Å². The molecule has 0 aliphatic rings. The van der Waals surface area contributed by atoms with Gasteiger partial charge in [0.2, 0.25) is 0 Å². The van der Waals surface area contributed by atoms with Crippen molar-refractivity contribution in [3.05, 3.63) is 132 Å². The van der Waals surface area contributed by atoms with E-state index in [0.717, 1.165) is 16.7 Å². The number of hydrogen-bond donors (Lipinski definition) is 1. The van der Waals surface area contributed by atoms with E-state index in [-0.39, 0.29) is 42.4 Å². The lowest BCUT2D eigenvalue weighted by Crippen LogP contribution is -2.74. The van der Waals surface area contributed by atoms with E-state index < -0.39 is 131 Å². The second kappa shape index (κ2) is 29.8. The summed E-state index contributed by atoms with van der Waals surface area (Å²) in [5.41, 5.74) is -0.920. The Hall–Kier alpha value is -3.60. The molecule has 7 atom stereocenters. The molecule has 0 saturated heterocycles. The quantitative estimate of drug-likeness (QED) is 0.0279. The van der Waals surface area contributed by atoms with Crippen LogP contribution in [-0.4, -0.2) is 109 Å². The predicted octanol–water partition coefficient (Wildman–Crippen LogP) is 21.8. The highest BCUT2D eigenvalue weighted by Gasteiger charge is 2.95. The first-order valence-corrected chi connectivity index (χ1v) is 38.7. The molecule has 0 spiro atoms. The highest BCUT2D eigenvalue weighted by atomic mass is 28.4. The van der Waals surface area contributed by atoms with Crippen molar-refractivity contribution in [2.24, 2.45) is 23.7 Å². The molecule has 0 amide bonds. The van der Waals surface area contributed by atoms with Crippen LogP contribution in [-0.2, 0) is 23.6 Å². The third-order valence-electron chi connectivity index (χ3n) is 18.7. The first kappa shape index (κ1) is 81.6. The van der Waals surface area contributed by atoms with Gasteiger partial charge in [-0.1, -0.05) is 212 Å². The maximum absolute atomic E-state index is 16.2. The summed E-state index contributed by atoms with van der Waals surface area (Å²) in [6.07, 6.45) is -5.38. The van der Waals surface area contributed by atoms with Crippen molar-refractivity contribution in [2.45, 2.75) is 241 Å². The predicted molar refractivity (Wildman–Crippen MR) is 331 cm³/mol. The lowest BCUT2D eigenvalue weighted by molar-refractivity contribution is -0.461. The van der Waals surface area contributed by atoms with Gasteiger partial charge in [-0.25, -0.2) is 0 Å². The summed E-state index contributed by atoms with van der Waals surface area (Å²) < 4.78 is 277. The monoisotopic (exact) mass is 1370 g/mol. The molecule has 0 bridgehead atoms. The molecule has 3 rings (SSSR count). The van der Waals surface area contributed by atoms with Crippen LogP contribution in [0.25, 0.3) is 0 Å². The number of ether oxygens (including phenoxy) is 1. The van der Waals surface area contributed by atoms with E-state index in [9.17, 15) is 44.6 Å². The van der Waals surface area contributed by atoms with Crippen molar-refractivity contribution < 1.29 is 97.8 Å². The normalized spacial score (nSPS) is 17.3. The number of benzene rings is 3. The van der Waals surface area contributed by atoms with E-state index in [1.165, 1.54) is 27.7 Å². The van der Waals surface area contributed by atoms with Gasteiger partial charge in [-0.15, -0.1) is 0 Å². The van der Waals surface area contributed by atoms with Gasteiger partial charge in [0.1, 0.15) is 5.60 Å². The van der Waals surface area contributed by atoms with Gasteiger partial charge < -0.3 is 23.1 Å². The lowest BCUT2D eigenvalue weighted by Gasteiger charge is -2.46. The Bertz CT molecular complexity index is 2660. The number of halogens is 17. The number of rotatable bonds is 34. The molecule has 25 heteroatoms. The summed E-state index contributed by atoms with van der Waals surface area (Å²) in [4.78, 5) is 0. The molecule has 0 unspecified atom stereocenters. The molecule has 3 aromatic rings. The minimum atomic E-state index is -8.74. The minimum Gasteiger partial charge on any atom is -0.413 e. The van der Waals surface area contributed by atoms with Crippen molar-refractivity contribution >= 4 is 25.0 Å². The zero-order valence-corrected chi connectivity index (χ0v) is 58.4. The van der Waals surface area contributed by atoms with Gasteiger partial charge in [-0.05, 0) is 100 Å². The molecular weight excluding hydrogens is 1280 g/mol. The van der Waals surface area contributed by atoms with Gasteiger partial charge in [-0.3, -0.25) is 0 Å². The van der Waals surface area contributed by atoms with E-state index in [1.807, 2.05) is 158 Å². The Morgan fingerprint density at radius 1 is 0.462 bits per heavy atom. The highest BCUT2D eigenvalue weighted by Crippen LogP contribution is 2.65. The van der Waals surface area contributed by atoms with Crippen molar-refractivity contribution in [1.29, 1.82) is 0 Å². The summed E-state index contributed by atoms with van der Waals surface area (Å²) in [5.74, 6) is -58.5. The molecule has 520 valence electrons. The minimum absolute atomic E-state index is 0.0730. The maximum Gasteiger partial charge on any atom is 0.460 e. The first-order valence-electron chi connectivity index (χ1n) is 30.6. The molecule has 0 fully saturated rings. The van der Waals surface area contributed by atoms with Crippen LogP contribution in [0.4, 0.5) is 74.6 Å². The van der Waals surface area contributed by atoms with Crippen LogP contribution in [0.3, 0.4) is 0 Å². The van der Waals surface area contributed by atoms with E-state index in [1.54, 1.807) is 19.1 Å². The third-order valence-corrected chi connectivity index (χ3v) is 33.3. The average Bonchev–Trinajstić information content (AvgIpc) is 0.699. The Balaban J connectivity index is 2.38.